The van der Waals surface area contributed by atoms with E-state index >= 15 is 0 Å². The molecule has 19 heavy (non-hydrogen) atoms. The molecule has 0 saturated carbocycles. The first-order chi connectivity index (χ1) is 8.81. The summed E-state index contributed by atoms with van der Waals surface area (Å²) in [5.41, 5.74) is 0.579. The third-order valence-electron chi connectivity index (χ3n) is 2.40. The third-order valence-corrected chi connectivity index (χ3v) is 3.53. The molecule has 5 nitrogen and oxygen atoms in total. The number of hydrogen-bond acceptors (Lipinski definition) is 2. The van der Waals surface area contributed by atoms with Crippen LogP contribution in [0.15, 0.2) is 18.2 Å². The Labute approximate surface area is 129 Å². The van der Waals surface area contributed by atoms with E-state index in [1.165, 1.54) is 0 Å². The summed E-state index contributed by atoms with van der Waals surface area (Å²) >= 11 is 7.85. The van der Waals surface area contributed by atoms with Gasteiger partial charge in [-0.2, -0.15) is 0 Å². The molecule has 1 aromatic rings. The largest absolute Gasteiger partial charge is 0.480 e. The second kappa shape index (κ2) is 6.95. The van der Waals surface area contributed by atoms with Crippen LogP contribution in [0.3, 0.4) is 0 Å². The quantitative estimate of drug-likeness (QED) is 0.684. The summed E-state index contributed by atoms with van der Waals surface area (Å²) in [6.07, 6.45) is 0. The summed E-state index contributed by atoms with van der Waals surface area (Å²) in [5.74, 6) is -1.26. The van der Waals surface area contributed by atoms with Crippen LogP contribution in [0.5, 0.6) is 0 Å². The van der Waals surface area contributed by atoms with E-state index in [-0.39, 0.29) is 5.92 Å². The second-order valence-electron chi connectivity index (χ2n) is 4.28. The van der Waals surface area contributed by atoms with Crippen LogP contribution in [0.2, 0.25) is 5.02 Å². The molecule has 0 radical (unpaired) electrons. The number of carbonyl (C=O) groups excluding carboxylic acids is 1. The molecular weight excluding hydrogens is 383 g/mol. The SMILES string of the molecule is CC(C)[C@H](NC(=O)Nc1ccc(Cl)cc1I)C(=O)O. The third kappa shape index (κ3) is 4.87. The van der Waals surface area contributed by atoms with Gasteiger partial charge in [-0.05, 0) is 46.7 Å². The van der Waals surface area contributed by atoms with Gasteiger partial charge in [0.2, 0.25) is 0 Å². The average Bonchev–Trinajstić information content (AvgIpc) is 2.29. The minimum absolute atomic E-state index is 0.201. The van der Waals surface area contributed by atoms with Gasteiger partial charge < -0.3 is 15.7 Å². The van der Waals surface area contributed by atoms with Crippen molar-refractivity contribution < 1.29 is 14.7 Å². The van der Waals surface area contributed by atoms with E-state index in [1.54, 1.807) is 32.0 Å². The Balaban J connectivity index is 2.72. The van der Waals surface area contributed by atoms with Crippen LogP contribution in [0, 0.1) is 9.49 Å². The van der Waals surface area contributed by atoms with Crippen LogP contribution < -0.4 is 10.6 Å². The van der Waals surface area contributed by atoms with Gasteiger partial charge in [0.1, 0.15) is 6.04 Å². The maximum Gasteiger partial charge on any atom is 0.326 e. The topological polar surface area (TPSA) is 78.4 Å². The highest BCUT2D eigenvalue weighted by Gasteiger charge is 2.23. The number of nitrogens with one attached hydrogen (secondary N) is 2. The predicted octanol–water partition coefficient (Wildman–Crippen LogP) is 3.18. The molecule has 0 saturated heterocycles. The van der Waals surface area contributed by atoms with E-state index in [9.17, 15) is 9.59 Å². The summed E-state index contributed by atoms with van der Waals surface area (Å²) in [7, 11) is 0. The van der Waals surface area contributed by atoms with Crippen molar-refractivity contribution in [2.24, 2.45) is 5.92 Å². The van der Waals surface area contributed by atoms with Crippen molar-refractivity contribution >= 4 is 51.9 Å². The molecule has 0 unspecified atom stereocenters. The Bertz CT molecular complexity index is 494. The van der Waals surface area contributed by atoms with Crippen LogP contribution in [0.4, 0.5) is 10.5 Å². The van der Waals surface area contributed by atoms with E-state index < -0.39 is 18.0 Å². The summed E-state index contributed by atoms with van der Waals surface area (Å²) in [4.78, 5) is 22.7. The number of aliphatic carboxylic acids is 1. The number of carboxylic acids is 1. The first kappa shape index (κ1) is 16.0. The van der Waals surface area contributed by atoms with Crippen LogP contribution in [0.25, 0.3) is 0 Å². The molecule has 1 rings (SSSR count). The lowest BCUT2D eigenvalue weighted by molar-refractivity contribution is -0.140. The number of urea groups is 1. The van der Waals surface area contributed by atoms with Crippen molar-refractivity contribution in [3.8, 4) is 0 Å². The Morgan fingerprint density at radius 1 is 1.37 bits per heavy atom. The fourth-order valence-corrected chi connectivity index (χ4v) is 2.41. The molecule has 0 aliphatic heterocycles. The van der Waals surface area contributed by atoms with Gasteiger partial charge >= 0.3 is 12.0 Å². The maximum atomic E-state index is 11.7. The van der Waals surface area contributed by atoms with E-state index in [2.05, 4.69) is 10.6 Å². The Morgan fingerprint density at radius 3 is 2.47 bits per heavy atom. The predicted molar refractivity (Wildman–Crippen MR) is 82.6 cm³/mol. The number of halogens is 2. The van der Waals surface area contributed by atoms with Crippen molar-refractivity contribution in [1.29, 1.82) is 0 Å². The number of carboxylic acid groups (broad SMARTS) is 1. The molecule has 104 valence electrons. The summed E-state index contributed by atoms with van der Waals surface area (Å²) in [6, 6.07) is 3.53. The molecule has 0 aliphatic carbocycles. The normalized spacial score (nSPS) is 12.1. The smallest absolute Gasteiger partial charge is 0.326 e. The lowest BCUT2D eigenvalue weighted by Gasteiger charge is -2.18. The molecule has 0 aromatic heterocycles. The molecule has 1 atom stereocenters. The van der Waals surface area contributed by atoms with E-state index in [4.69, 9.17) is 16.7 Å². The zero-order chi connectivity index (χ0) is 14.6. The number of hydrogen-bond donors (Lipinski definition) is 3. The number of amides is 2. The van der Waals surface area contributed by atoms with Crippen molar-refractivity contribution in [1.82, 2.24) is 5.32 Å². The maximum absolute atomic E-state index is 11.7. The van der Waals surface area contributed by atoms with Crippen LogP contribution in [-0.2, 0) is 4.79 Å². The summed E-state index contributed by atoms with van der Waals surface area (Å²) < 4.78 is 0.775. The molecule has 3 N–H and O–H groups in total. The molecule has 1 aromatic carbocycles. The van der Waals surface area contributed by atoms with Crippen molar-refractivity contribution in [3.05, 3.63) is 26.8 Å². The highest BCUT2D eigenvalue weighted by molar-refractivity contribution is 14.1. The Morgan fingerprint density at radius 2 is 2.00 bits per heavy atom. The molecule has 0 fully saturated rings. The van der Waals surface area contributed by atoms with E-state index in [0.29, 0.717) is 10.7 Å². The van der Waals surface area contributed by atoms with Crippen LogP contribution >= 0.6 is 34.2 Å². The van der Waals surface area contributed by atoms with Crippen molar-refractivity contribution in [2.75, 3.05) is 5.32 Å². The fraction of sp³-hybridized carbons (Fsp3) is 0.333. The average molecular weight is 397 g/mol. The van der Waals surface area contributed by atoms with E-state index in [1.807, 2.05) is 22.6 Å². The lowest BCUT2D eigenvalue weighted by Crippen LogP contribution is -2.46. The minimum Gasteiger partial charge on any atom is -0.480 e. The van der Waals surface area contributed by atoms with Gasteiger partial charge in [0.05, 0.1) is 5.69 Å². The standard InChI is InChI=1S/C12H14ClIN2O3/c1-6(2)10(11(17)18)16-12(19)15-9-4-3-7(13)5-8(9)14/h3-6,10H,1-2H3,(H,17,18)(H2,15,16,19)/t10-/m0/s1. The highest BCUT2D eigenvalue weighted by atomic mass is 127. The van der Waals surface area contributed by atoms with Gasteiger partial charge in [0, 0.05) is 8.59 Å². The van der Waals surface area contributed by atoms with Gasteiger partial charge in [-0.3, -0.25) is 0 Å². The van der Waals surface area contributed by atoms with Crippen molar-refractivity contribution in [3.63, 3.8) is 0 Å². The van der Waals surface area contributed by atoms with Crippen molar-refractivity contribution in [2.45, 2.75) is 19.9 Å². The summed E-state index contributed by atoms with van der Waals surface area (Å²) in [6.45, 7) is 3.45. The first-order valence-corrected chi connectivity index (χ1v) is 7.02. The molecule has 0 spiro atoms. The second-order valence-corrected chi connectivity index (χ2v) is 5.88. The molecular formula is C12H14ClIN2O3. The number of carbonyl (C=O) groups is 2. The minimum atomic E-state index is -1.06. The summed E-state index contributed by atoms with van der Waals surface area (Å²) in [5, 5.41) is 14.6. The molecule has 0 aliphatic rings. The highest BCUT2D eigenvalue weighted by Crippen LogP contribution is 2.22. The van der Waals surface area contributed by atoms with Gasteiger partial charge in [0.15, 0.2) is 0 Å². The zero-order valence-corrected chi connectivity index (χ0v) is 13.3. The molecule has 0 bridgehead atoms. The number of benzene rings is 1. The van der Waals surface area contributed by atoms with Gasteiger partial charge in [-0.1, -0.05) is 25.4 Å². The monoisotopic (exact) mass is 396 g/mol. The number of anilines is 1. The Kier molecular flexibility index (Phi) is 5.86. The van der Waals surface area contributed by atoms with Gasteiger partial charge in [0.25, 0.3) is 0 Å². The van der Waals surface area contributed by atoms with E-state index in [0.717, 1.165) is 3.57 Å². The zero-order valence-electron chi connectivity index (χ0n) is 10.4. The fourth-order valence-electron chi connectivity index (χ4n) is 1.40. The van der Waals surface area contributed by atoms with Gasteiger partial charge in [-0.25, -0.2) is 9.59 Å². The Hall–Kier alpha value is -1.02. The number of rotatable bonds is 4. The first-order valence-electron chi connectivity index (χ1n) is 5.56. The van der Waals surface area contributed by atoms with Crippen LogP contribution in [-0.4, -0.2) is 23.1 Å². The molecule has 7 heteroatoms. The van der Waals surface area contributed by atoms with Gasteiger partial charge in [-0.15, -0.1) is 0 Å². The molecule has 0 heterocycles. The lowest BCUT2D eigenvalue weighted by atomic mass is 10.1. The van der Waals surface area contributed by atoms with Crippen LogP contribution in [0.1, 0.15) is 13.8 Å². The molecule has 2 amide bonds.